The minimum absolute atomic E-state index is 0.00559. The molecule has 1 aromatic heterocycles. The summed E-state index contributed by atoms with van der Waals surface area (Å²) in [7, 11) is 1.72. The predicted molar refractivity (Wildman–Crippen MR) is 190 cm³/mol. The van der Waals surface area contributed by atoms with Crippen LogP contribution in [-0.4, -0.2) is 70.6 Å². The van der Waals surface area contributed by atoms with E-state index in [2.05, 4.69) is 70.3 Å². The molecule has 4 fully saturated rings. The molecule has 0 bridgehead atoms. The summed E-state index contributed by atoms with van der Waals surface area (Å²) in [6.45, 7) is 3.65. The smallest absolute Gasteiger partial charge is 0.410 e. The van der Waals surface area contributed by atoms with E-state index < -0.39 is 5.97 Å². The van der Waals surface area contributed by atoms with Gasteiger partial charge in [0.2, 0.25) is 5.91 Å². The van der Waals surface area contributed by atoms with Crippen molar-refractivity contribution in [3.63, 3.8) is 0 Å². The minimum atomic E-state index is -0.840. The maximum Gasteiger partial charge on any atom is 0.410 e. The molecule has 3 saturated carbocycles. The van der Waals surface area contributed by atoms with Crippen LogP contribution >= 0.6 is 0 Å². The Morgan fingerprint density at radius 1 is 0.900 bits per heavy atom. The standard InChI is InChI=1S/C40H50N4O6/c1-26-18-32(12-17-37(26)49-2)29-8-6-27(7-9-29)24-43(35-5-3-4-31(20-35)33-21-41-44(25-33)34-13-14-34)39(47)30-10-15-36(16-11-30)50-40(48)42-22-28(23-42)19-38(45)46/h3-5,12,17-18,20-21,25,27-30,34,36H,6-11,13-16,19,22-24H2,1-2H3,(H,45,46). The highest BCUT2D eigenvalue weighted by Crippen LogP contribution is 2.40. The molecule has 266 valence electrons. The number of hydrogen-bond donors (Lipinski definition) is 1. The zero-order valence-electron chi connectivity index (χ0n) is 29.3. The molecule has 1 aliphatic heterocycles. The van der Waals surface area contributed by atoms with Gasteiger partial charge in [-0.15, -0.1) is 0 Å². The van der Waals surface area contributed by atoms with Crippen molar-refractivity contribution in [3.8, 4) is 16.9 Å². The first kappa shape index (κ1) is 34.1. The maximum absolute atomic E-state index is 14.5. The fourth-order valence-electron chi connectivity index (χ4n) is 8.25. The fraction of sp³-hybridized carbons (Fsp3) is 0.550. The molecule has 0 spiro atoms. The molecule has 3 aromatic rings. The van der Waals surface area contributed by atoms with E-state index in [4.69, 9.17) is 14.6 Å². The molecular weight excluding hydrogens is 632 g/mol. The normalized spacial score (nSPS) is 23.9. The number of methoxy groups -OCH3 is 1. The minimum Gasteiger partial charge on any atom is -0.496 e. The number of carbonyl (C=O) groups excluding carboxylic acids is 2. The Morgan fingerprint density at radius 2 is 1.66 bits per heavy atom. The number of benzene rings is 2. The van der Waals surface area contributed by atoms with Crippen LogP contribution in [0, 0.1) is 24.7 Å². The first-order valence-electron chi connectivity index (χ1n) is 18.5. The lowest BCUT2D eigenvalue weighted by Gasteiger charge is -2.39. The number of amides is 2. The molecule has 3 aliphatic carbocycles. The monoisotopic (exact) mass is 682 g/mol. The lowest BCUT2D eigenvalue weighted by atomic mass is 9.78. The van der Waals surface area contributed by atoms with E-state index in [-0.39, 0.29) is 36.4 Å². The second-order valence-electron chi connectivity index (χ2n) is 15.1. The Morgan fingerprint density at radius 3 is 2.34 bits per heavy atom. The summed E-state index contributed by atoms with van der Waals surface area (Å²) < 4.78 is 13.3. The molecule has 0 atom stereocenters. The first-order valence-corrected chi connectivity index (χ1v) is 18.5. The second-order valence-corrected chi connectivity index (χ2v) is 15.1. The third-order valence-electron chi connectivity index (χ3n) is 11.4. The number of carboxylic acid groups (broad SMARTS) is 1. The number of aromatic nitrogens is 2. The van der Waals surface area contributed by atoms with Crippen LogP contribution in [0.25, 0.3) is 11.1 Å². The van der Waals surface area contributed by atoms with Crippen molar-refractivity contribution in [2.24, 2.45) is 17.8 Å². The number of hydrogen-bond acceptors (Lipinski definition) is 6. The van der Waals surface area contributed by atoms with Gasteiger partial charge in [0.1, 0.15) is 11.9 Å². The lowest BCUT2D eigenvalue weighted by Crippen LogP contribution is -2.51. The van der Waals surface area contributed by atoms with E-state index in [9.17, 15) is 14.4 Å². The van der Waals surface area contributed by atoms with Crippen LogP contribution in [0.1, 0.15) is 93.7 Å². The van der Waals surface area contributed by atoms with Gasteiger partial charge in [0.25, 0.3) is 0 Å². The number of carbonyl (C=O) groups is 3. The van der Waals surface area contributed by atoms with Crippen LogP contribution in [-0.2, 0) is 14.3 Å². The van der Waals surface area contributed by atoms with Crippen LogP contribution < -0.4 is 9.64 Å². The van der Waals surface area contributed by atoms with Gasteiger partial charge in [-0.05, 0) is 118 Å². The van der Waals surface area contributed by atoms with Crippen molar-refractivity contribution in [1.82, 2.24) is 14.7 Å². The zero-order chi connectivity index (χ0) is 34.8. The average molecular weight is 683 g/mol. The first-order chi connectivity index (χ1) is 24.2. The third-order valence-corrected chi connectivity index (χ3v) is 11.4. The van der Waals surface area contributed by atoms with Gasteiger partial charge in [0, 0.05) is 48.9 Å². The Kier molecular flexibility index (Phi) is 10.1. The second kappa shape index (κ2) is 14.9. The van der Waals surface area contributed by atoms with Gasteiger partial charge in [0.15, 0.2) is 0 Å². The molecule has 7 rings (SSSR count). The maximum atomic E-state index is 14.5. The summed E-state index contributed by atoms with van der Waals surface area (Å²) in [6.07, 6.45) is 12.9. The Bertz CT molecular complexity index is 1680. The molecule has 0 unspecified atom stereocenters. The van der Waals surface area contributed by atoms with E-state index in [0.717, 1.165) is 48.2 Å². The van der Waals surface area contributed by atoms with Gasteiger partial charge in [-0.1, -0.05) is 24.3 Å². The summed E-state index contributed by atoms with van der Waals surface area (Å²) in [5.41, 5.74) is 5.61. The highest BCUT2D eigenvalue weighted by molar-refractivity contribution is 5.95. The number of aryl methyl sites for hydroxylation is 1. The largest absolute Gasteiger partial charge is 0.496 e. The van der Waals surface area contributed by atoms with Gasteiger partial charge in [0.05, 0.1) is 25.8 Å². The summed E-state index contributed by atoms with van der Waals surface area (Å²) in [4.78, 5) is 41.7. The number of anilines is 1. The average Bonchev–Trinajstić information content (AvgIpc) is 3.84. The number of ether oxygens (including phenoxy) is 2. The molecule has 4 aliphatic rings. The molecule has 10 heteroatoms. The summed E-state index contributed by atoms with van der Waals surface area (Å²) in [5.74, 6) is 1.04. The van der Waals surface area contributed by atoms with Crippen LogP contribution in [0.15, 0.2) is 54.9 Å². The molecule has 1 N–H and O–H groups in total. The Balaban J connectivity index is 1.01. The van der Waals surface area contributed by atoms with Crippen LogP contribution in [0.5, 0.6) is 5.75 Å². The summed E-state index contributed by atoms with van der Waals surface area (Å²) in [6, 6.07) is 15.4. The van der Waals surface area contributed by atoms with Gasteiger partial charge in [-0.3, -0.25) is 14.3 Å². The van der Waals surface area contributed by atoms with E-state index in [1.54, 1.807) is 12.0 Å². The van der Waals surface area contributed by atoms with E-state index in [1.165, 1.54) is 24.0 Å². The van der Waals surface area contributed by atoms with Gasteiger partial charge in [-0.2, -0.15) is 5.10 Å². The molecule has 10 nitrogen and oxygen atoms in total. The van der Waals surface area contributed by atoms with E-state index in [0.29, 0.717) is 63.2 Å². The van der Waals surface area contributed by atoms with E-state index in [1.807, 2.05) is 6.20 Å². The molecule has 50 heavy (non-hydrogen) atoms. The predicted octanol–water partition coefficient (Wildman–Crippen LogP) is 7.61. The zero-order valence-corrected chi connectivity index (χ0v) is 29.3. The van der Waals surface area contributed by atoms with Gasteiger partial charge < -0.3 is 24.4 Å². The van der Waals surface area contributed by atoms with Crippen LogP contribution in [0.2, 0.25) is 0 Å². The third kappa shape index (κ3) is 7.84. The number of aliphatic carboxylic acids is 1. The molecule has 0 radical (unpaired) electrons. The summed E-state index contributed by atoms with van der Waals surface area (Å²) in [5, 5.41) is 13.6. The number of rotatable bonds is 11. The fourth-order valence-corrected chi connectivity index (χ4v) is 8.25. The Hall–Kier alpha value is -4.34. The SMILES string of the molecule is COc1ccc(C2CCC(CN(C(=O)C3CCC(OC(=O)N4CC(CC(=O)O)C4)CC3)c3cccc(-c4cnn(C5CC5)c4)c3)CC2)cc1C. The molecule has 2 heterocycles. The lowest BCUT2D eigenvalue weighted by molar-refractivity contribution is -0.139. The van der Waals surface area contributed by atoms with Crippen LogP contribution in [0.4, 0.5) is 10.5 Å². The molecule has 1 saturated heterocycles. The topological polar surface area (TPSA) is 114 Å². The molecular formula is C40H50N4O6. The molecule has 2 amide bonds. The van der Waals surface area contributed by atoms with Crippen LogP contribution in [0.3, 0.4) is 0 Å². The van der Waals surface area contributed by atoms with Gasteiger partial charge in [-0.25, -0.2) is 4.79 Å². The number of carboxylic acids is 1. The summed E-state index contributed by atoms with van der Waals surface area (Å²) >= 11 is 0. The van der Waals surface area contributed by atoms with Crippen molar-refractivity contribution < 1.29 is 29.0 Å². The highest BCUT2D eigenvalue weighted by Gasteiger charge is 2.37. The Labute approximate surface area is 294 Å². The van der Waals surface area contributed by atoms with Crippen molar-refractivity contribution in [3.05, 3.63) is 66.0 Å². The molecule has 2 aromatic carbocycles. The number of likely N-dealkylation sites (tertiary alicyclic amines) is 1. The highest BCUT2D eigenvalue weighted by atomic mass is 16.6. The van der Waals surface area contributed by atoms with E-state index >= 15 is 0 Å². The van der Waals surface area contributed by atoms with Crippen molar-refractivity contribution in [2.45, 2.75) is 95.6 Å². The quantitative estimate of drug-likeness (QED) is 0.221. The van der Waals surface area contributed by atoms with Gasteiger partial charge >= 0.3 is 12.1 Å². The number of nitrogens with zero attached hydrogens (tertiary/aromatic N) is 4. The van der Waals surface area contributed by atoms with Crippen molar-refractivity contribution in [1.29, 1.82) is 0 Å². The van der Waals surface area contributed by atoms with Crippen molar-refractivity contribution in [2.75, 3.05) is 31.6 Å². The van der Waals surface area contributed by atoms with Crippen molar-refractivity contribution >= 4 is 23.7 Å².